The standard InChI is InChI=1S/C26H19ClIN3O4/c27-24-21-19(28)13-31(25(21)30-16-29-24)12-11-20-22(33-14-17-7-3-1-4-8-17)23(26(32)35-20)34-15-18-9-5-2-6-10-18/h1-11,13,16H,12,14-15H2/b20-11-. The Morgan fingerprint density at radius 3 is 2.23 bits per heavy atom. The number of benzene rings is 2. The summed E-state index contributed by atoms with van der Waals surface area (Å²) >= 11 is 8.45. The van der Waals surface area contributed by atoms with E-state index in [1.807, 2.05) is 71.4 Å². The Morgan fingerprint density at radius 1 is 0.943 bits per heavy atom. The molecule has 2 aromatic heterocycles. The fraction of sp³-hybridized carbons (Fsp3) is 0.115. The molecular formula is C26H19ClIN3O4. The first-order valence-electron chi connectivity index (χ1n) is 10.8. The quantitative estimate of drug-likeness (QED) is 0.145. The van der Waals surface area contributed by atoms with E-state index in [1.54, 1.807) is 6.08 Å². The van der Waals surface area contributed by atoms with Crippen molar-refractivity contribution >= 4 is 51.2 Å². The molecule has 1 aliphatic rings. The second kappa shape index (κ2) is 10.5. The van der Waals surface area contributed by atoms with Gasteiger partial charge < -0.3 is 18.8 Å². The van der Waals surface area contributed by atoms with Crippen LogP contribution in [-0.2, 0) is 38.8 Å². The van der Waals surface area contributed by atoms with Gasteiger partial charge in [-0.2, -0.15) is 0 Å². The van der Waals surface area contributed by atoms with Gasteiger partial charge in [-0.25, -0.2) is 14.8 Å². The lowest BCUT2D eigenvalue weighted by Gasteiger charge is -2.10. The SMILES string of the molecule is O=C1O/C(=C\Cn2cc(I)c3c(Cl)ncnc32)C(OCc2ccccc2)=C1OCc1ccccc1. The number of halogens is 2. The van der Waals surface area contributed by atoms with Crippen LogP contribution in [0.1, 0.15) is 11.1 Å². The molecule has 0 saturated heterocycles. The zero-order chi connectivity index (χ0) is 24.2. The number of hydrogen-bond donors (Lipinski definition) is 0. The molecule has 35 heavy (non-hydrogen) atoms. The predicted molar refractivity (Wildman–Crippen MR) is 139 cm³/mol. The molecule has 2 aromatic carbocycles. The molecule has 7 nitrogen and oxygen atoms in total. The minimum absolute atomic E-state index is 0.0494. The second-order valence-electron chi connectivity index (χ2n) is 7.66. The molecule has 0 spiro atoms. The molecule has 0 atom stereocenters. The van der Waals surface area contributed by atoms with Crippen molar-refractivity contribution in [3.63, 3.8) is 0 Å². The zero-order valence-electron chi connectivity index (χ0n) is 18.4. The first-order chi connectivity index (χ1) is 17.1. The summed E-state index contributed by atoms with van der Waals surface area (Å²) in [5.41, 5.74) is 2.57. The van der Waals surface area contributed by atoms with Gasteiger partial charge in [-0.1, -0.05) is 72.3 Å². The third kappa shape index (κ3) is 5.18. The lowest BCUT2D eigenvalue weighted by Crippen LogP contribution is -2.04. The van der Waals surface area contributed by atoms with Gasteiger partial charge in [0.15, 0.2) is 5.76 Å². The first-order valence-corrected chi connectivity index (χ1v) is 12.2. The van der Waals surface area contributed by atoms with Crippen LogP contribution in [0.5, 0.6) is 0 Å². The largest absolute Gasteiger partial charge is 0.481 e. The highest BCUT2D eigenvalue weighted by atomic mass is 127. The van der Waals surface area contributed by atoms with Crippen LogP contribution in [-0.4, -0.2) is 20.5 Å². The Balaban J connectivity index is 1.44. The Kier molecular flexibility index (Phi) is 7.01. The lowest BCUT2D eigenvalue weighted by molar-refractivity contribution is -0.136. The number of rotatable bonds is 8. The molecule has 0 fully saturated rings. The van der Waals surface area contributed by atoms with Crippen molar-refractivity contribution < 1.29 is 19.0 Å². The number of aromatic nitrogens is 3. The lowest BCUT2D eigenvalue weighted by atomic mass is 10.2. The minimum atomic E-state index is -0.590. The van der Waals surface area contributed by atoms with Gasteiger partial charge in [0, 0.05) is 16.3 Å². The molecule has 0 saturated carbocycles. The average molecular weight is 600 g/mol. The maximum Gasteiger partial charge on any atom is 0.383 e. The molecule has 4 aromatic rings. The van der Waals surface area contributed by atoms with Crippen LogP contribution in [0.3, 0.4) is 0 Å². The smallest absolute Gasteiger partial charge is 0.383 e. The third-order valence-corrected chi connectivity index (χ3v) is 6.41. The highest BCUT2D eigenvalue weighted by Gasteiger charge is 2.34. The number of allylic oxidation sites excluding steroid dienone is 1. The maximum absolute atomic E-state index is 12.7. The molecule has 0 amide bonds. The second-order valence-corrected chi connectivity index (χ2v) is 9.18. The van der Waals surface area contributed by atoms with Crippen molar-refractivity contribution in [3.8, 4) is 0 Å². The normalized spacial score (nSPS) is 14.6. The van der Waals surface area contributed by atoms with Crippen molar-refractivity contribution in [2.24, 2.45) is 0 Å². The molecule has 0 bridgehead atoms. The molecule has 3 heterocycles. The number of carbonyl (C=O) groups is 1. The number of fused-ring (bicyclic) bond motifs is 1. The first kappa shape index (κ1) is 23.4. The molecule has 0 aliphatic carbocycles. The number of esters is 1. The summed E-state index contributed by atoms with van der Waals surface area (Å²) in [6.45, 7) is 0.849. The van der Waals surface area contributed by atoms with Crippen LogP contribution < -0.4 is 0 Å². The topological polar surface area (TPSA) is 75.5 Å². The van der Waals surface area contributed by atoms with Crippen molar-refractivity contribution in [3.05, 3.63) is 116 Å². The molecule has 0 radical (unpaired) electrons. The van der Waals surface area contributed by atoms with Crippen LogP contribution in [0.15, 0.2) is 96.5 Å². The van der Waals surface area contributed by atoms with E-state index in [0.29, 0.717) is 23.1 Å². The number of hydrogen-bond acceptors (Lipinski definition) is 6. The van der Waals surface area contributed by atoms with Gasteiger partial charge in [0.25, 0.3) is 5.76 Å². The number of cyclic esters (lactones) is 1. The van der Waals surface area contributed by atoms with E-state index in [0.717, 1.165) is 20.1 Å². The zero-order valence-corrected chi connectivity index (χ0v) is 21.3. The summed E-state index contributed by atoms with van der Waals surface area (Å²) in [6.07, 6.45) is 5.10. The fourth-order valence-electron chi connectivity index (χ4n) is 3.61. The van der Waals surface area contributed by atoms with E-state index in [4.69, 9.17) is 25.8 Å². The van der Waals surface area contributed by atoms with E-state index in [-0.39, 0.29) is 24.7 Å². The van der Waals surface area contributed by atoms with Gasteiger partial charge >= 0.3 is 5.97 Å². The average Bonchev–Trinajstić information content (AvgIpc) is 3.37. The summed E-state index contributed by atoms with van der Waals surface area (Å²) in [6, 6.07) is 19.3. The highest BCUT2D eigenvalue weighted by molar-refractivity contribution is 14.1. The number of ether oxygens (including phenoxy) is 3. The van der Waals surface area contributed by atoms with Gasteiger partial charge in [0.05, 0.1) is 5.39 Å². The van der Waals surface area contributed by atoms with Gasteiger partial charge in [-0.3, -0.25) is 0 Å². The summed E-state index contributed by atoms with van der Waals surface area (Å²) in [5.74, 6) is 0.0283. The van der Waals surface area contributed by atoms with Gasteiger partial charge in [-0.05, 0) is 39.8 Å². The Hall–Kier alpha value is -3.37. The van der Waals surface area contributed by atoms with Crippen LogP contribution in [0.2, 0.25) is 5.15 Å². The molecule has 0 N–H and O–H groups in total. The van der Waals surface area contributed by atoms with Gasteiger partial charge in [0.1, 0.15) is 30.3 Å². The van der Waals surface area contributed by atoms with Gasteiger partial charge in [0.2, 0.25) is 5.76 Å². The number of carbonyl (C=O) groups excluding carboxylic acids is 1. The van der Waals surface area contributed by atoms with Crippen LogP contribution in [0.4, 0.5) is 0 Å². The van der Waals surface area contributed by atoms with E-state index in [2.05, 4.69) is 32.6 Å². The summed E-state index contributed by atoms with van der Waals surface area (Å²) < 4.78 is 20.3. The monoisotopic (exact) mass is 599 g/mol. The van der Waals surface area contributed by atoms with Crippen molar-refractivity contribution in [2.75, 3.05) is 0 Å². The van der Waals surface area contributed by atoms with E-state index < -0.39 is 5.97 Å². The van der Waals surface area contributed by atoms with Crippen molar-refractivity contribution in [1.82, 2.24) is 14.5 Å². The Labute approximate surface area is 220 Å². The summed E-state index contributed by atoms with van der Waals surface area (Å²) in [7, 11) is 0. The summed E-state index contributed by atoms with van der Waals surface area (Å²) in [5, 5.41) is 1.17. The van der Waals surface area contributed by atoms with Crippen LogP contribution in [0.25, 0.3) is 11.0 Å². The Bertz CT molecular complexity index is 1440. The molecule has 1 aliphatic heterocycles. The van der Waals surface area contributed by atoms with E-state index >= 15 is 0 Å². The van der Waals surface area contributed by atoms with E-state index in [1.165, 1.54) is 6.33 Å². The van der Waals surface area contributed by atoms with Gasteiger partial charge in [-0.15, -0.1) is 0 Å². The van der Waals surface area contributed by atoms with Crippen LogP contribution >= 0.6 is 34.2 Å². The molecular weight excluding hydrogens is 581 g/mol. The highest BCUT2D eigenvalue weighted by Crippen LogP contribution is 2.31. The Morgan fingerprint density at radius 2 is 1.57 bits per heavy atom. The summed E-state index contributed by atoms with van der Waals surface area (Å²) in [4.78, 5) is 21.1. The molecule has 0 unspecified atom stereocenters. The predicted octanol–water partition coefficient (Wildman–Crippen LogP) is 5.78. The fourth-order valence-corrected chi connectivity index (χ4v) is 4.84. The van der Waals surface area contributed by atoms with Crippen molar-refractivity contribution in [1.29, 1.82) is 0 Å². The number of nitrogens with zero attached hydrogens (tertiary/aromatic N) is 3. The molecule has 9 heteroatoms. The van der Waals surface area contributed by atoms with Crippen molar-refractivity contribution in [2.45, 2.75) is 19.8 Å². The maximum atomic E-state index is 12.7. The molecule has 176 valence electrons. The van der Waals surface area contributed by atoms with Crippen LogP contribution in [0, 0.1) is 3.57 Å². The molecule has 5 rings (SSSR count). The van der Waals surface area contributed by atoms with E-state index in [9.17, 15) is 4.79 Å². The minimum Gasteiger partial charge on any atom is -0.481 e. The third-order valence-electron chi connectivity index (χ3n) is 5.30.